The summed E-state index contributed by atoms with van der Waals surface area (Å²) >= 11 is 0. The highest BCUT2D eigenvalue weighted by molar-refractivity contribution is 5.94. The number of likely N-dealkylation sites (tertiary alicyclic amines) is 1. The molecule has 1 atom stereocenters. The van der Waals surface area contributed by atoms with E-state index in [-0.39, 0.29) is 5.91 Å². The molecule has 3 rings (SSSR count). The number of aromatic nitrogens is 1. The van der Waals surface area contributed by atoms with Crippen LogP contribution in [0.1, 0.15) is 35.2 Å². The van der Waals surface area contributed by atoms with Crippen molar-refractivity contribution in [1.29, 1.82) is 0 Å². The maximum atomic E-state index is 12.2. The lowest BCUT2D eigenvalue weighted by molar-refractivity contribution is 0.0914. The Bertz CT molecular complexity index is 630. The lowest BCUT2D eigenvalue weighted by Gasteiger charge is -2.35. The molecule has 1 aliphatic rings. The summed E-state index contributed by atoms with van der Waals surface area (Å²) in [5, 5.41) is 3.11. The molecule has 1 aromatic carbocycles. The Morgan fingerprint density at radius 3 is 2.71 bits per heavy atom. The molecule has 0 bridgehead atoms. The van der Waals surface area contributed by atoms with Crippen LogP contribution in [0.2, 0.25) is 0 Å². The van der Waals surface area contributed by atoms with Crippen molar-refractivity contribution in [1.82, 2.24) is 15.2 Å². The summed E-state index contributed by atoms with van der Waals surface area (Å²) in [5.41, 5.74) is 2.05. The van der Waals surface area contributed by atoms with Crippen molar-refractivity contribution in [3.63, 3.8) is 0 Å². The van der Waals surface area contributed by atoms with Crippen molar-refractivity contribution in [3.05, 3.63) is 66.0 Å². The number of hydrogen-bond donors (Lipinski definition) is 1. The molecule has 1 N–H and O–H groups in total. The van der Waals surface area contributed by atoms with Gasteiger partial charge in [-0.3, -0.25) is 14.7 Å². The molecule has 0 aliphatic carbocycles. The Balaban J connectivity index is 1.51. The summed E-state index contributed by atoms with van der Waals surface area (Å²) in [5.74, 6) is 0.0234. The van der Waals surface area contributed by atoms with E-state index in [9.17, 15) is 4.79 Å². The van der Waals surface area contributed by atoms with E-state index in [2.05, 4.69) is 27.3 Å². The maximum absolute atomic E-state index is 12.2. The first-order valence-corrected chi connectivity index (χ1v) is 8.79. The largest absolute Gasteiger partial charge is 0.350 e. The lowest BCUT2D eigenvalue weighted by atomic mass is 10.0. The molecule has 1 amide bonds. The number of nitrogens with zero attached hydrogens (tertiary/aromatic N) is 2. The van der Waals surface area contributed by atoms with Gasteiger partial charge in [0.1, 0.15) is 0 Å². The van der Waals surface area contributed by atoms with Gasteiger partial charge < -0.3 is 5.32 Å². The van der Waals surface area contributed by atoms with Crippen LogP contribution in [-0.2, 0) is 6.42 Å². The third-order valence-corrected chi connectivity index (χ3v) is 4.72. The molecule has 2 heterocycles. The van der Waals surface area contributed by atoms with Crippen LogP contribution in [0.5, 0.6) is 0 Å². The van der Waals surface area contributed by atoms with Crippen LogP contribution in [0.25, 0.3) is 0 Å². The average Bonchev–Trinajstić information content (AvgIpc) is 2.66. The van der Waals surface area contributed by atoms with E-state index in [1.54, 1.807) is 0 Å². The molecule has 0 saturated carbocycles. The van der Waals surface area contributed by atoms with E-state index in [4.69, 9.17) is 0 Å². The Morgan fingerprint density at radius 2 is 1.92 bits per heavy atom. The number of carbonyl (C=O) groups is 1. The number of carbonyl (C=O) groups excluding carboxylic acids is 1. The van der Waals surface area contributed by atoms with Gasteiger partial charge >= 0.3 is 0 Å². The smallest absolute Gasteiger partial charge is 0.251 e. The highest BCUT2D eigenvalue weighted by atomic mass is 16.1. The fourth-order valence-corrected chi connectivity index (χ4v) is 3.31. The molecular formula is C20H25N3O. The predicted molar refractivity (Wildman–Crippen MR) is 95.9 cm³/mol. The van der Waals surface area contributed by atoms with Gasteiger partial charge in [-0.1, -0.05) is 24.6 Å². The highest BCUT2D eigenvalue weighted by Crippen LogP contribution is 2.17. The van der Waals surface area contributed by atoms with Gasteiger partial charge in [-0.25, -0.2) is 0 Å². The van der Waals surface area contributed by atoms with Gasteiger partial charge in [0.2, 0.25) is 0 Å². The number of hydrogen-bond acceptors (Lipinski definition) is 3. The van der Waals surface area contributed by atoms with Gasteiger partial charge in [0, 0.05) is 37.1 Å². The molecule has 4 nitrogen and oxygen atoms in total. The monoisotopic (exact) mass is 323 g/mol. The second-order valence-corrected chi connectivity index (χ2v) is 6.37. The summed E-state index contributed by atoms with van der Waals surface area (Å²) in [6.45, 7) is 2.89. The number of nitrogens with one attached hydrogen (secondary N) is 1. The third kappa shape index (κ3) is 4.65. The molecule has 0 radical (unpaired) electrons. The molecule has 24 heavy (non-hydrogen) atoms. The van der Waals surface area contributed by atoms with Crippen LogP contribution in [0.15, 0.2) is 54.9 Å². The SMILES string of the molecule is O=C(NCC1CCCCN1CCc1ccncc1)c1ccccc1. The minimum atomic E-state index is 0.0234. The zero-order valence-electron chi connectivity index (χ0n) is 14.0. The lowest BCUT2D eigenvalue weighted by Crippen LogP contribution is -2.47. The standard InChI is InChI=1S/C20H25N3O/c24-20(18-6-2-1-3-7-18)22-16-19-8-4-5-14-23(19)15-11-17-9-12-21-13-10-17/h1-3,6-7,9-10,12-13,19H,4-5,8,11,14-16H2,(H,22,24). The number of pyridine rings is 1. The van der Waals surface area contributed by atoms with Crippen molar-refractivity contribution in [2.45, 2.75) is 31.7 Å². The van der Waals surface area contributed by atoms with E-state index < -0.39 is 0 Å². The quantitative estimate of drug-likeness (QED) is 0.889. The zero-order chi connectivity index (χ0) is 16.6. The molecule has 0 spiro atoms. The molecular weight excluding hydrogens is 298 g/mol. The second-order valence-electron chi connectivity index (χ2n) is 6.37. The number of rotatable bonds is 6. The fourth-order valence-electron chi connectivity index (χ4n) is 3.31. The van der Waals surface area contributed by atoms with Crippen LogP contribution < -0.4 is 5.32 Å². The van der Waals surface area contributed by atoms with Gasteiger partial charge in [-0.15, -0.1) is 0 Å². The minimum Gasteiger partial charge on any atom is -0.350 e. The van der Waals surface area contributed by atoms with Crippen LogP contribution in [0.4, 0.5) is 0 Å². The first kappa shape index (κ1) is 16.7. The van der Waals surface area contributed by atoms with E-state index in [1.807, 2.05) is 42.7 Å². The van der Waals surface area contributed by atoms with Crippen LogP contribution in [-0.4, -0.2) is 41.5 Å². The van der Waals surface area contributed by atoms with Gasteiger partial charge in [-0.2, -0.15) is 0 Å². The summed E-state index contributed by atoms with van der Waals surface area (Å²) in [6, 6.07) is 14.0. The molecule has 126 valence electrons. The van der Waals surface area contributed by atoms with E-state index in [0.717, 1.165) is 38.0 Å². The van der Waals surface area contributed by atoms with Crippen LogP contribution in [0, 0.1) is 0 Å². The first-order valence-electron chi connectivity index (χ1n) is 8.79. The van der Waals surface area contributed by atoms with Crippen molar-refractivity contribution in [2.24, 2.45) is 0 Å². The maximum Gasteiger partial charge on any atom is 0.251 e. The Kier molecular flexibility index (Phi) is 5.96. The summed E-state index contributed by atoms with van der Waals surface area (Å²) < 4.78 is 0. The topological polar surface area (TPSA) is 45.2 Å². The van der Waals surface area contributed by atoms with Crippen molar-refractivity contribution < 1.29 is 4.79 Å². The summed E-state index contributed by atoms with van der Waals surface area (Å²) in [6.07, 6.45) is 8.39. The molecule has 1 saturated heterocycles. The molecule has 1 unspecified atom stereocenters. The van der Waals surface area contributed by atoms with Crippen LogP contribution in [0.3, 0.4) is 0 Å². The van der Waals surface area contributed by atoms with Gasteiger partial charge in [0.25, 0.3) is 5.91 Å². The molecule has 4 heteroatoms. The van der Waals surface area contributed by atoms with Gasteiger partial charge in [0.15, 0.2) is 0 Å². The van der Waals surface area contributed by atoms with Gasteiger partial charge in [-0.05, 0) is 55.6 Å². The molecule has 2 aromatic rings. The predicted octanol–water partition coefficient (Wildman–Crippen LogP) is 2.91. The zero-order valence-corrected chi connectivity index (χ0v) is 14.0. The fraction of sp³-hybridized carbons (Fsp3) is 0.400. The number of amides is 1. The molecule has 1 fully saturated rings. The normalized spacial score (nSPS) is 18.2. The third-order valence-electron chi connectivity index (χ3n) is 4.72. The Labute approximate surface area is 143 Å². The first-order chi connectivity index (χ1) is 11.8. The van der Waals surface area contributed by atoms with Crippen molar-refractivity contribution in [2.75, 3.05) is 19.6 Å². The average molecular weight is 323 g/mol. The number of benzene rings is 1. The summed E-state index contributed by atoms with van der Waals surface area (Å²) in [7, 11) is 0. The highest BCUT2D eigenvalue weighted by Gasteiger charge is 2.22. The Morgan fingerprint density at radius 1 is 1.12 bits per heavy atom. The second kappa shape index (κ2) is 8.60. The van der Waals surface area contributed by atoms with E-state index in [0.29, 0.717) is 6.04 Å². The molecule has 1 aliphatic heterocycles. The number of piperidine rings is 1. The van der Waals surface area contributed by atoms with Crippen LogP contribution >= 0.6 is 0 Å². The van der Waals surface area contributed by atoms with Gasteiger partial charge in [0.05, 0.1) is 0 Å². The minimum absolute atomic E-state index is 0.0234. The van der Waals surface area contributed by atoms with Crippen molar-refractivity contribution in [3.8, 4) is 0 Å². The Hall–Kier alpha value is -2.20. The summed E-state index contributed by atoms with van der Waals surface area (Å²) in [4.78, 5) is 18.8. The van der Waals surface area contributed by atoms with E-state index >= 15 is 0 Å². The van der Waals surface area contributed by atoms with E-state index in [1.165, 1.54) is 18.4 Å². The van der Waals surface area contributed by atoms with Crippen molar-refractivity contribution >= 4 is 5.91 Å². The molecule has 1 aromatic heterocycles.